The number of aryl methyl sites for hydroxylation is 1. The molecule has 0 atom stereocenters. The minimum Gasteiger partial charge on any atom is -0.351 e. The van der Waals surface area contributed by atoms with Crippen LogP contribution in [0.25, 0.3) is 6.08 Å². The van der Waals surface area contributed by atoms with E-state index in [2.05, 4.69) is 9.88 Å². The number of carbonyl (C=O) groups excluding carboxylic acids is 2. The van der Waals surface area contributed by atoms with E-state index in [1.165, 1.54) is 30.6 Å². The summed E-state index contributed by atoms with van der Waals surface area (Å²) < 4.78 is 2.19. The molecule has 1 N–H and O–H groups in total. The number of rotatable bonds is 3. The number of benzene rings is 1. The average Bonchev–Trinajstić information content (AvgIpc) is 3.30. The summed E-state index contributed by atoms with van der Waals surface area (Å²) in [6.07, 6.45) is 10.5. The van der Waals surface area contributed by atoms with Gasteiger partial charge in [-0.05, 0) is 67.4 Å². The highest BCUT2D eigenvalue weighted by Crippen LogP contribution is 2.30. The number of hydrogen-bond donors (Lipinski definition) is 1. The zero-order chi connectivity index (χ0) is 19.0. The molecule has 1 saturated heterocycles. The Morgan fingerprint density at radius 3 is 2.70 bits per heavy atom. The highest BCUT2D eigenvalue weighted by atomic mass is 32.1. The molecule has 0 spiro atoms. The van der Waals surface area contributed by atoms with Crippen molar-refractivity contribution < 1.29 is 9.59 Å². The number of hydrogen-bond acceptors (Lipinski definition) is 3. The molecule has 2 aromatic rings. The van der Waals surface area contributed by atoms with E-state index in [0.29, 0.717) is 11.7 Å². The van der Waals surface area contributed by atoms with Crippen molar-refractivity contribution in [2.45, 2.75) is 38.6 Å². The summed E-state index contributed by atoms with van der Waals surface area (Å²) in [7, 11) is 0. The SMILES string of the molecule is Cc1cccc(N2C(=O)/C(=C\c3ccn(C4CCCC4)c3)C(=O)NC2=S)c1. The second-order valence-corrected chi connectivity index (χ2v) is 7.51. The Labute approximate surface area is 163 Å². The molecule has 27 heavy (non-hydrogen) atoms. The second kappa shape index (κ2) is 7.12. The molecule has 1 aliphatic carbocycles. The minimum atomic E-state index is -0.456. The van der Waals surface area contributed by atoms with Crippen molar-refractivity contribution in [1.29, 1.82) is 0 Å². The lowest BCUT2D eigenvalue weighted by atomic mass is 10.1. The summed E-state index contributed by atoms with van der Waals surface area (Å²) in [6, 6.07) is 9.95. The van der Waals surface area contributed by atoms with Gasteiger partial charge in [0.1, 0.15) is 5.57 Å². The number of anilines is 1. The molecule has 2 fully saturated rings. The topological polar surface area (TPSA) is 54.3 Å². The van der Waals surface area contributed by atoms with E-state index in [0.717, 1.165) is 11.1 Å². The molecule has 1 aromatic heterocycles. The number of amides is 2. The van der Waals surface area contributed by atoms with Crippen molar-refractivity contribution in [3.05, 3.63) is 59.4 Å². The lowest BCUT2D eigenvalue weighted by molar-refractivity contribution is -0.122. The number of nitrogens with zero attached hydrogens (tertiary/aromatic N) is 2. The van der Waals surface area contributed by atoms with Crippen LogP contribution in [0.3, 0.4) is 0 Å². The summed E-state index contributed by atoms with van der Waals surface area (Å²) >= 11 is 5.24. The van der Waals surface area contributed by atoms with Crippen molar-refractivity contribution in [2.24, 2.45) is 0 Å². The fourth-order valence-corrected chi connectivity index (χ4v) is 4.05. The molecular weight excluding hydrogens is 358 g/mol. The summed E-state index contributed by atoms with van der Waals surface area (Å²) in [5.41, 5.74) is 2.60. The summed E-state index contributed by atoms with van der Waals surface area (Å²) in [6.45, 7) is 1.95. The maximum absolute atomic E-state index is 13.0. The fraction of sp³-hybridized carbons (Fsp3) is 0.286. The van der Waals surface area contributed by atoms with E-state index < -0.39 is 11.8 Å². The van der Waals surface area contributed by atoms with Gasteiger partial charge in [0.05, 0.1) is 5.69 Å². The molecule has 0 unspecified atom stereocenters. The first-order valence-corrected chi connectivity index (χ1v) is 9.59. The van der Waals surface area contributed by atoms with Gasteiger partial charge in [-0.1, -0.05) is 25.0 Å². The zero-order valence-corrected chi connectivity index (χ0v) is 16.0. The van der Waals surface area contributed by atoms with Gasteiger partial charge in [-0.25, -0.2) is 0 Å². The molecule has 2 amide bonds. The lowest BCUT2D eigenvalue weighted by Crippen LogP contribution is -2.54. The highest BCUT2D eigenvalue weighted by molar-refractivity contribution is 7.80. The molecule has 2 heterocycles. The van der Waals surface area contributed by atoms with Crippen LogP contribution in [0.5, 0.6) is 0 Å². The number of nitrogens with one attached hydrogen (secondary N) is 1. The molecule has 6 heteroatoms. The van der Waals surface area contributed by atoms with Gasteiger partial charge in [0.2, 0.25) is 0 Å². The van der Waals surface area contributed by atoms with Crippen LogP contribution in [-0.4, -0.2) is 21.5 Å². The van der Waals surface area contributed by atoms with Crippen molar-refractivity contribution >= 4 is 40.9 Å². The van der Waals surface area contributed by atoms with Gasteiger partial charge in [0.25, 0.3) is 11.8 Å². The van der Waals surface area contributed by atoms with Crippen molar-refractivity contribution in [2.75, 3.05) is 4.90 Å². The largest absolute Gasteiger partial charge is 0.351 e. The summed E-state index contributed by atoms with van der Waals surface area (Å²) in [5.74, 6) is -0.856. The Hall–Kier alpha value is -2.73. The van der Waals surface area contributed by atoms with E-state index in [1.54, 1.807) is 6.08 Å². The molecular formula is C21H21N3O2S. The van der Waals surface area contributed by atoms with E-state index in [-0.39, 0.29) is 10.7 Å². The van der Waals surface area contributed by atoms with Crippen LogP contribution in [0.2, 0.25) is 0 Å². The van der Waals surface area contributed by atoms with Gasteiger partial charge in [-0.3, -0.25) is 19.8 Å². The first-order valence-electron chi connectivity index (χ1n) is 9.18. The average molecular weight is 379 g/mol. The number of carbonyl (C=O) groups is 2. The van der Waals surface area contributed by atoms with Crippen LogP contribution in [0, 0.1) is 6.92 Å². The van der Waals surface area contributed by atoms with E-state index in [9.17, 15) is 9.59 Å². The standard InChI is InChI=1S/C21H21N3O2S/c1-14-5-4-8-17(11-14)24-20(26)18(19(25)22-21(24)27)12-15-9-10-23(13-15)16-6-2-3-7-16/h4-5,8-13,16H,2-3,6-7H2,1H3,(H,22,25,27)/b18-12-. The molecule has 138 valence electrons. The molecule has 1 saturated carbocycles. The fourth-order valence-electron chi connectivity index (χ4n) is 3.77. The minimum absolute atomic E-state index is 0.0919. The normalized spacial score (nSPS) is 19.8. The Balaban J connectivity index is 1.65. The first-order chi connectivity index (χ1) is 13.0. The van der Waals surface area contributed by atoms with E-state index >= 15 is 0 Å². The van der Waals surface area contributed by atoms with Crippen molar-refractivity contribution in [3.8, 4) is 0 Å². The van der Waals surface area contributed by atoms with Crippen LogP contribution < -0.4 is 10.2 Å². The van der Waals surface area contributed by atoms with Gasteiger partial charge in [-0.15, -0.1) is 0 Å². The second-order valence-electron chi connectivity index (χ2n) is 7.13. The van der Waals surface area contributed by atoms with Crippen molar-refractivity contribution in [1.82, 2.24) is 9.88 Å². The highest BCUT2D eigenvalue weighted by Gasteiger charge is 2.34. The van der Waals surface area contributed by atoms with Gasteiger partial charge in [0.15, 0.2) is 5.11 Å². The summed E-state index contributed by atoms with van der Waals surface area (Å²) in [4.78, 5) is 26.8. The molecule has 1 aliphatic heterocycles. The molecule has 0 bridgehead atoms. The third-order valence-corrected chi connectivity index (χ3v) is 5.44. The lowest BCUT2D eigenvalue weighted by Gasteiger charge is -2.29. The van der Waals surface area contributed by atoms with Crippen LogP contribution in [0.4, 0.5) is 5.69 Å². The Bertz CT molecular complexity index is 954. The zero-order valence-electron chi connectivity index (χ0n) is 15.1. The number of aromatic nitrogens is 1. The molecule has 0 radical (unpaired) electrons. The molecule has 1 aromatic carbocycles. The predicted octanol–water partition coefficient (Wildman–Crippen LogP) is 3.74. The van der Waals surface area contributed by atoms with Gasteiger partial charge < -0.3 is 4.57 Å². The van der Waals surface area contributed by atoms with E-state index in [4.69, 9.17) is 12.2 Å². The maximum atomic E-state index is 13.0. The molecule has 5 nitrogen and oxygen atoms in total. The van der Waals surface area contributed by atoms with Crippen LogP contribution in [0.15, 0.2) is 48.3 Å². The third kappa shape index (κ3) is 3.45. The monoisotopic (exact) mass is 379 g/mol. The number of thiocarbonyl (C=S) groups is 1. The van der Waals surface area contributed by atoms with Gasteiger partial charge in [-0.2, -0.15) is 0 Å². The smallest absolute Gasteiger partial charge is 0.270 e. The molecule has 4 rings (SSSR count). The maximum Gasteiger partial charge on any atom is 0.270 e. The van der Waals surface area contributed by atoms with E-state index in [1.807, 2.05) is 49.6 Å². The summed E-state index contributed by atoms with van der Waals surface area (Å²) in [5, 5.41) is 2.74. The predicted molar refractivity (Wildman–Crippen MR) is 109 cm³/mol. The Kier molecular flexibility index (Phi) is 4.66. The van der Waals surface area contributed by atoms with Crippen LogP contribution in [0.1, 0.15) is 42.9 Å². The Morgan fingerprint density at radius 2 is 1.96 bits per heavy atom. The van der Waals surface area contributed by atoms with Gasteiger partial charge in [0, 0.05) is 18.4 Å². The third-order valence-electron chi connectivity index (χ3n) is 5.16. The van der Waals surface area contributed by atoms with Gasteiger partial charge >= 0.3 is 0 Å². The van der Waals surface area contributed by atoms with Crippen molar-refractivity contribution in [3.63, 3.8) is 0 Å². The Morgan fingerprint density at radius 1 is 1.19 bits per heavy atom. The quantitative estimate of drug-likeness (QED) is 0.502. The molecule has 2 aliphatic rings. The van der Waals surface area contributed by atoms with Crippen LogP contribution >= 0.6 is 12.2 Å². The first kappa shape index (κ1) is 17.7. The van der Waals surface area contributed by atoms with Crippen LogP contribution in [-0.2, 0) is 9.59 Å².